The zero-order chi connectivity index (χ0) is 13.8. The summed E-state index contributed by atoms with van der Waals surface area (Å²) in [6, 6.07) is 7.67. The van der Waals surface area contributed by atoms with E-state index in [2.05, 4.69) is 10.3 Å². The highest BCUT2D eigenvalue weighted by atomic mass is 32.1. The van der Waals surface area contributed by atoms with Crippen LogP contribution in [0.1, 0.15) is 23.0 Å². The molecule has 0 aliphatic rings. The molecule has 0 saturated heterocycles. The first-order valence-electron chi connectivity index (χ1n) is 6.05. The molecule has 0 saturated carbocycles. The number of aliphatic hydroxyl groups is 1. The smallest absolute Gasteiger partial charge is 0.271 e. The lowest BCUT2D eigenvalue weighted by Crippen LogP contribution is -2.35. The maximum absolute atomic E-state index is 11.9. The largest absolute Gasteiger partial charge is 0.394 e. The topological polar surface area (TPSA) is 62.2 Å². The highest BCUT2D eigenvalue weighted by Crippen LogP contribution is 2.26. The number of aromatic nitrogens is 1. The Kier molecular flexibility index (Phi) is 4.29. The molecule has 0 spiro atoms. The lowest BCUT2D eigenvalue weighted by Gasteiger charge is -2.08. The molecule has 1 aromatic heterocycles. The highest BCUT2D eigenvalue weighted by Gasteiger charge is 2.14. The third-order valence-electron chi connectivity index (χ3n) is 2.76. The first kappa shape index (κ1) is 13.7. The third-order valence-corrected chi connectivity index (χ3v) is 3.64. The molecule has 1 atom stereocenters. The Labute approximate surface area is 116 Å². The minimum Gasteiger partial charge on any atom is -0.394 e. The van der Waals surface area contributed by atoms with Gasteiger partial charge >= 0.3 is 0 Å². The summed E-state index contributed by atoms with van der Waals surface area (Å²) in [6.07, 6.45) is 0. The molecule has 1 aromatic carbocycles. The SMILES string of the molecule is Cc1ccccc1-c1nc(C(=O)NC(C)CO)cs1. The summed E-state index contributed by atoms with van der Waals surface area (Å²) in [4.78, 5) is 16.2. The van der Waals surface area contributed by atoms with Gasteiger partial charge in [-0.2, -0.15) is 0 Å². The van der Waals surface area contributed by atoms with Crippen LogP contribution >= 0.6 is 11.3 Å². The van der Waals surface area contributed by atoms with Crippen LogP contribution in [0.15, 0.2) is 29.6 Å². The summed E-state index contributed by atoms with van der Waals surface area (Å²) in [6.45, 7) is 3.68. The van der Waals surface area contributed by atoms with Crippen molar-refractivity contribution < 1.29 is 9.90 Å². The molecule has 19 heavy (non-hydrogen) atoms. The minimum atomic E-state index is -0.267. The molecule has 4 nitrogen and oxygen atoms in total. The maximum Gasteiger partial charge on any atom is 0.271 e. The van der Waals surface area contributed by atoms with E-state index in [-0.39, 0.29) is 18.6 Å². The lowest BCUT2D eigenvalue weighted by atomic mass is 10.1. The molecule has 0 fully saturated rings. The number of carbonyl (C=O) groups excluding carboxylic acids is 1. The van der Waals surface area contributed by atoms with Crippen molar-refractivity contribution in [3.05, 3.63) is 40.9 Å². The molecule has 0 aliphatic carbocycles. The van der Waals surface area contributed by atoms with E-state index < -0.39 is 0 Å². The molecule has 2 aromatic rings. The van der Waals surface area contributed by atoms with E-state index in [1.54, 1.807) is 12.3 Å². The Bertz CT molecular complexity index is 580. The zero-order valence-electron chi connectivity index (χ0n) is 10.9. The monoisotopic (exact) mass is 276 g/mol. The Morgan fingerprint density at radius 3 is 2.89 bits per heavy atom. The Hall–Kier alpha value is -1.72. The molecule has 0 radical (unpaired) electrons. The van der Waals surface area contributed by atoms with Gasteiger partial charge in [-0.1, -0.05) is 24.3 Å². The van der Waals surface area contributed by atoms with Crippen molar-refractivity contribution in [3.8, 4) is 10.6 Å². The summed E-state index contributed by atoms with van der Waals surface area (Å²) in [7, 11) is 0. The summed E-state index contributed by atoms with van der Waals surface area (Å²) < 4.78 is 0. The standard InChI is InChI=1S/C14H16N2O2S/c1-9-5-3-4-6-11(9)14-16-12(8-19-14)13(18)15-10(2)7-17/h3-6,8,10,17H,7H2,1-2H3,(H,15,18). The first-order valence-corrected chi connectivity index (χ1v) is 6.93. The van der Waals surface area contributed by atoms with Gasteiger partial charge in [-0.3, -0.25) is 4.79 Å². The number of carbonyl (C=O) groups is 1. The van der Waals surface area contributed by atoms with Crippen molar-refractivity contribution in [1.82, 2.24) is 10.3 Å². The molecule has 2 rings (SSSR count). The second-order valence-electron chi connectivity index (χ2n) is 4.41. The number of nitrogens with zero attached hydrogens (tertiary/aromatic N) is 1. The molecule has 0 bridgehead atoms. The van der Waals surface area contributed by atoms with Crippen molar-refractivity contribution in [2.24, 2.45) is 0 Å². The van der Waals surface area contributed by atoms with Gasteiger partial charge in [0, 0.05) is 17.0 Å². The van der Waals surface area contributed by atoms with Gasteiger partial charge in [0.25, 0.3) is 5.91 Å². The van der Waals surface area contributed by atoms with Gasteiger partial charge < -0.3 is 10.4 Å². The Morgan fingerprint density at radius 2 is 2.21 bits per heavy atom. The minimum absolute atomic E-state index is 0.0828. The summed E-state index contributed by atoms with van der Waals surface area (Å²) in [5.74, 6) is -0.252. The van der Waals surface area contributed by atoms with Gasteiger partial charge in [0.15, 0.2) is 0 Å². The fraction of sp³-hybridized carbons (Fsp3) is 0.286. The molecular formula is C14H16N2O2S. The molecule has 1 heterocycles. The van der Waals surface area contributed by atoms with Gasteiger partial charge in [-0.25, -0.2) is 4.98 Å². The van der Waals surface area contributed by atoms with E-state index in [1.165, 1.54) is 11.3 Å². The fourth-order valence-electron chi connectivity index (χ4n) is 1.66. The van der Waals surface area contributed by atoms with Gasteiger partial charge in [0.2, 0.25) is 0 Å². The van der Waals surface area contributed by atoms with E-state index in [4.69, 9.17) is 5.11 Å². The van der Waals surface area contributed by atoms with Crippen molar-refractivity contribution in [1.29, 1.82) is 0 Å². The van der Waals surface area contributed by atoms with Gasteiger partial charge in [-0.15, -0.1) is 11.3 Å². The zero-order valence-corrected chi connectivity index (χ0v) is 11.7. The predicted octanol–water partition coefficient (Wildman–Crippen LogP) is 2.23. The van der Waals surface area contributed by atoms with Crippen molar-refractivity contribution in [2.45, 2.75) is 19.9 Å². The van der Waals surface area contributed by atoms with Gasteiger partial charge in [0.1, 0.15) is 10.7 Å². The second kappa shape index (κ2) is 5.95. The number of nitrogens with one attached hydrogen (secondary N) is 1. The van der Waals surface area contributed by atoms with Crippen molar-refractivity contribution in [2.75, 3.05) is 6.61 Å². The average Bonchev–Trinajstić information content (AvgIpc) is 2.88. The number of hydrogen-bond donors (Lipinski definition) is 2. The fourth-order valence-corrected chi connectivity index (χ4v) is 2.55. The molecule has 1 amide bonds. The van der Waals surface area contributed by atoms with Crippen LogP contribution in [0.5, 0.6) is 0 Å². The van der Waals surface area contributed by atoms with E-state index in [0.717, 1.165) is 16.1 Å². The number of aryl methyl sites for hydroxylation is 1. The maximum atomic E-state index is 11.9. The van der Waals surface area contributed by atoms with Gasteiger partial charge in [0.05, 0.1) is 6.61 Å². The van der Waals surface area contributed by atoms with Crippen LogP contribution in [0.3, 0.4) is 0 Å². The van der Waals surface area contributed by atoms with Crippen LogP contribution < -0.4 is 5.32 Å². The first-order chi connectivity index (χ1) is 9.11. The summed E-state index contributed by atoms with van der Waals surface area (Å²) in [5, 5.41) is 14.2. The predicted molar refractivity (Wildman–Crippen MR) is 76.3 cm³/mol. The Balaban J connectivity index is 2.20. The number of benzene rings is 1. The quantitative estimate of drug-likeness (QED) is 0.900. The number of amides is 1. The Morgan fingerprint density at radius 1 is 1.47 bits per heavy atom. The van der Waals surface area contributed by atoms with E-state index in [9.17, 15) is 4.79 Å². The van der Waals surface area contributed by atoms with E-state index in [0.29, 0.717) is 5.69 Å². The number of aliphatic hydroxyl groups excluding tert-OH is 1. The summed E-state index contributed by atoms with van der Waals surface area (Å²) >= 11 is 1.45. The highest BCUT2D eigenvalue weighted by molar-refractivity contribution is 7.13. The van der Waals surface area contributed by atoms with Crippen LogP contribution in [0.4, 0.5) is 0 Å². The number of hydrogen-bond acceptors (Lipinski definition) is 4. The lowest BCUT2D eigenvalue weighted by molar-refractivity contribution is 0.0918. The van der Waals surface area contributed by atoms with E-state index >= 15 is 0 Å². The molecular weight excluding hydrogens is 260 g/mol. The number of rotatable bonds is 4. The third kappa shape index (κ3) is 3.19. The normalized spacial score (nSPS) is 12.2. The van der Waals surface area contributed by atoms with Crippen LogP contribution in [0, 0.1) is 6.92 Å². The number of thiazole rings is 1. The molecule has 1 unspecified atom stereocenters. The molecule has 0 aliphatic heterocycles. The van der Waals surface area contributed by atoms with Crippen LogP contribution in [-0.4, -0.2) is 28.6 Å². The van der Waals surface area contributed by atoms with Crippen LogP contribution in [0.25, 0.3) is 10.6 Å². The molecule has 5 heteroatoms. The molecule has 2 N–H and O–H groups in total. The van der Waals surface area contributed by atoms with Crippen LogP contribution in [0.2, 0.25) is 0 Å². The van der Waals surface area contributed by atoms with E-state index in [1.807, 2.05) is 31.2 Å². The van der Waals surface area contributed by atoms with Crippen molar-refractivity contribution >= 4 is 17.2 Å². The van der Waals surface area contributed by atoms with Crippen molar-refractivity contribution in [3.63, 3.8) is 0 Å². The van der Waals surface area contributed by atoms with Gasteiger partial charge in [-0.05, 0) is 19.4 Å². The van der Waals surface area contributed by atoms with Crippen LogP contribution in [-0.2, 0) is 0 Å². The average molecular weight is 276 g/mol. The summed E-state index contributed by atoms with van der Waals surface area (Å²) in [5.41, 5.74) is 2.57. The molecule has 100 valence electrons. The second-order valence-corrected chi connectivity index (χ2v) is 5.27.